The van der Waals surface area contributed by atoms with Gasteiger partial charge in [0.25, 0.3) is 17.7 Å². The van der Waals surface area contributed by atoms with E-state index < -0.39 is 17.8 Å². The maximum absolute atomic E-state index is 13.1. The molecule has 3 aromatic carbocycles. The van der Waals surface area contributed by atoms with Gasteiger partial charge in [0.2, 0.25) is 0 Å². The van der Waals surface area contributed by atoms with E-state index in [4.69, 9.17) is 27.9 Å². The van der Waals surface area contributed by atoms with Gasteiger partial charge in [0.05, 0.1) is 17.4 Å². The standard InChI is InChI=1S/C27H21Cl2N3O5/c1-15(2)37-27(36)17-4-3-5-21(14-17)32-25(34)22(29)23(26(32)35)30-19-10-6-16(7-11-19)24(33)31-20-12-8-18(28)9-13-20/h3-15,30H,1-2H3,(H,31,33). The Morgan fingerprint density at radius 3 is 2.14 bits per heavy atom. The van der Waals surface area contributed by atoms with Crippen molar-refractivity contribution in [1.82, 2.24) is 0 Å². The monoisotopic (exact) mass is 537 g/mol. The number of imide groups is 1. The van der Waals surface area contributed by atoms with Gasteiger partial charge < -0.3 is 15.4 Å². The zero-order chi connectivity index (χ0) is 26.7. The van der Waals surface area contributed by atoms with Crippen molar-refractivity contribution in [1.29, 1.82) is 0 Å². The molecule has 3 amide bonds. The maximum atomic E-state index is 13.1. The Hall–Kier alpha value is -4.14. The molecule has 0 radical (unpaired) electrons. The van der Waals surface area contributed by atoms with E-state index >= 15 is 0 Å². The van der Waals surface area contributed by atoms with Gasteiger partial charge in [-0.15, -0.1) is 0 Å². The van der Waals surface area contributed by atoms with Crippen LogP contribution in [0.15, 0.2) is 83.5 Å². The van der Waals surface area contributed by atoms with Crippen LogP contribution >= 0.6 is 23.2 Å². The Morgan fingerprint density at radius 1 is 0.838 bits per heavy atom. The lowest BCUT2D eigenvalue weighted by Gasteiger charge is -2.16. The van der Waals surface area contributed by atoms with E-state index in [0.717, 1.165) is 4.90 Å². The van der Waals surface area contributed by atoms with Gasteiger partial charge in [-0.2, -0.15) is 0 Å². The highest BCUT2D eigenvalue weighted by atomic mass is 35.5. The van der Waals surface area contributed by atoms with Crippen molar-refractivity contribution in [2.24, 2.45) is 0 Å². The van der Waals surface area contributed by atoms with Crippen molar-refractivity contribution >= 4 is 64.0 Å². The summed E-state index contributed by atoms with van der Waals surface area (Å²) in [6, 6.07) is 19.0. The van der Waals surface area contributed by atoms with E-state index in [9.17, 15) is 19.2 Å². The summed E-state index contributed by atoms with van der Waals surface area (Å²) in [5.74, 6) is -2.33. The number of hydrogen-bond donors (Lipinski definition) is 2. The van der Waals surface area contributed by atoms with E-state index in [1.54, 1.807) is 68.4 Å². The molecule has 1 heterocycles. The van der Waals surface area contributed by atoms with E-state index in [0.29, 0.717) is 22.0 Å². The first-order valence-corrected chi connectivity index (χ1v) is 11.9. The molecule has 2 N–H and O–H groups in total. The molecule has 0 spiro atoms. The largest absolute Gasteiger partial charge is 0.459 e. The van der Waals surface area contributed by atoms with Crippen LogP contribution in [-0.2, 0) is 14.3 Å². The number of nitrogens with one attached hydrogen (secondary N) is 2. The fraction of sp³-hybridized carbons (Fsp3) is 0.111. The third kappa shape index (κ3) is 5.82. The minimum absolute atomic E-state index is 0.125. The highest BCUT2D eigenvalue weighted by Crippen LogP contribution is 2.31. The van der Waals surface area contributed by atoms with Crippen molar-refractivity contribution in [3.8, 4) is 0 Å². The Balaban J connectivity index is 1.47. The first-order valence-electron chi connectivity index (χ1n) is 11.2. The average molecular weight is 538 g/mol. The van der Waals surface area contributed by atoms with Crippen LogP contribution in [0, 0.1) is 0 Å². The molecule has 1 aliphatic rings. The van der Waals surface area contributed by atoms with E-state index in [1.807, 2.05) is 0 Å². The minimum atomic E-state index is -0.734. The van der Waals surface area contributed by atoms with Gasteiger partial charge >= 0.3 is 5.97 Å². The Morgan fingerprint density at radius 2 is 1.49 bits per heavy atom. The molecule has 0 atom stereocenters. The number of anilines is 3. The SMILES string of the molecule is CC(C)OC(=O)c1cccc(N2C(=O)C(Cl)=C(Nc3ccc(C(=O)Nc4ccc(Cl)cc4)cc3)C2=O)c1. The fourth-order valence-electron chi connectivity index (χ4n) is 3.49. The molecule has 4 rings (SSSR count). The number of amides is 3. The van der Waals surface area contributed by atoms with Crippen LogP contribution in [-0.4, -0.2) is 29.8 Å². The zero-order valence-electron chi connectivity index (χ0n) is 19.7. The van der Waals surface area contributed by atoms with Crippen LogP contribution < -0.4 is 15.5 Å². The summed E-state index contributed by atoms with van der Waals surface area (Å²) < 4.78 is 5.18. The molecular formula is C27H21Cl2N3O5. The number of hydrogen-bond acceptors (Lipinski definition) is 6. The predicted molar refractivity (Wildman–Crippen MR) is 142 cm³/mol. The normalized spacial score (nSPS) is 13.3. The highest BCUT2D eigenvalue weighted by Gasteiger charge is 2.39. The summed E-state index contributed by atoms with van der Waals surface area (Å²) in [4.78, 5) is 51.6. The summed E-state index contributed by atoms with van der Waals surface area (Å²) in [6.07, 6.45) is -0.326. The lowest BCUT2D eigenvalue weighted by Crippen LogP contribution is -2.32. The van der Waals surface area contributed by atoms with Crippen LogP contribution in [0.25, 0.3) is 0 Å². The summed E-state index contributed by atoms with van der Waals surface area (Å²) in [5.41, 5.74) is 1.65. The Bertz CT molecular complexity index is 1420. The molecule has 1 aliphatic heterocycles. The molecule has 8 nitrogen and oxygen atoms in total. The number of carbonyl (C=O) groups is 4. The first kappa shape index (κ1) is 25.9. The molecule has 0 fully saturated rings. The van der Waals surface area contributed by atoms with Gasteiger partial charge in [0.1, 0.15) is 10.7 Å². The lowest BCUT2D eigenvalue weighted by molar-refractivity contribution is -0.120. The summed E-state index contributed by atoms with van der Waals surface area (Å²) in [7, 11) is 0. The zero-order valence-corrected chi connectivity index (χ0v) is 21.3. The first-order chi connectivity index (χ1) is 17.6. The molecule has 0 bridgehead atoms. The van der Waals surface area contributed by atoms with Crippen molar-refractivity contribution in [3.05, 3.63) is 99.7 Å². The molecule has 0 aliphatic carbocycles. The molecular weight excluding hydrogens is 517 g/mol. The quantitative estimate of drug-likeness (QED) is 0.300. The number of ether oxygens (including phenoxy) is 1. The third-order valence-electron chi connectivity index (χ3n) is 5.23. The second-order valence-electron chi connectivity index (χ2n) is 8.30. The maximum Gasteiger partial charge on any atom is 0.338 e. The van der Waals surface area contributed by atoms with Crippen LogP contribution in [0.1, 0.15) is 34.6 Å². The van der Waals surface area contributed by atoms with Crippen LogP contribution in [0.5, 0.6) is 0 Å². The van der Waals surface area contributed by atoms with Gasteiger partial charge in [-0.25, -0.2) is 9.69 Å². The molecule has 0 aromatic heterocycles. The number of halogens is 2. The third-order valence-corrected chi connectivity index (χ3v) is 5.83. The van der Waals surface area contributed by atoms with E-state index in [2.05, 4.69) is 10.6 Å². The average Bonchev–Trinajstić information content (AvgIpc) is 3.08. The molecule has 10 heteroatoms. The summed E-state index contributed by atoms with van der Waals surface area (Å²) in [6.45, 7) is 3.44. The van der Waals surface area contributed by atoms with Crippen LogP contribution in [0.2, 0.25) is 5.02 Å². The number of rotatable bonds is 7. The van der Waals surface area contributed by atoms with Crippen molar-refractivity contribution < 1.29 is 23.9 Å². The summed E-state index contributed by atoms with van der Waals surface area (Å²) in [5, 5.41) is 5.87. The second-order valence-corrected chi connectivity index (χ2v) is 9.12. The number of carbonyl (C=O) groups excluding carboxylic acids is 4. The Kier molecular flexibility index (Phi) is 7.61. The van der Waals surface area contributed by atoms with E-state index in [1.165, 1.54) is 18.2 Å². The van der Waals surface area contributed by atoms with Gasteiger partial charge in [-0.1, -0.05) is 29.3 Å². The molecule has 3 aromatic rings. The van der Waals surface area contributed by atoms with Crippen molar-refractivity contribution in [2.45, 2.75) is 20.0 Å². The minimum Gasteiger partial charge on any atom is -0.459 e. The summed E-state index contributed by atoms with van der Waals surface area (Å²) >= 11 is 12.1. The van der Waals surface area contributed by atoms with Gasteiger partial charge in [-0.3, -0.25) is 14.4 Å². The van der Waals surface area contributed by atoms with Crippen LogP contribution in [0.4, 0.5) is 17.1 Å². The lowest BCUT2D eigenvalue weighted by atomic mass is 10.1. The fourth-order valence-corrected chi connectivity index (χ4v) is 3.82. The molecule has 0 saturated carbocycles. The van der Waals surface area contributed by atoms with Gasteiger partial charge in [-0.05, 0) is 80.6 Å². The molecule has 0 unspecified atom stereocenters. The molecule has 188 valence electrons. The second kappa shape index (κ2) is 10.9. The number of benzene rings is 3. The Labute approximate surface area is 222 Å². The molecule has 37 heavy (non-hydrogen) atoms. The van der Waals surface area contributed by atoms with Crippen molar-refractivity contribution in [3.63, 3.8) is 0 Å². The van der Waals surface area contributed by atoms with Crippen molar-refractivity contribution in [2.75, 3.05) is 15.5 Å². The van der Waals surface area contributed by atoms with Crippen LogP contribution in [0.3, 0.4) is 0 Å². The predicted octanol–water partition coefficient (Wildman–Crippen LogP) is 5.59. The topological polar surface area (TPSA) is 105 Å². The number of nitrogens with zero attached hydrogens (tertiary/aromatic N) is 1. The van der Waals surface area contributed by atoms with Gasteiger partial charge in [0, 0.05) is 22.0 Å². The van der Waals surface area contributed by atoms with E-state index in [-0.39, 0.29) is 34.0 Å². The number of esters is 1. The van der Waals surface area contributed by atoms with Gasteiger partial charge in [0.15, 0.2) is 0 Å². The molecule has 0 saturated heterocycles. The smallest absolute Gasteiger partial charge is 0.338 e. The highest BCUT2D eigenvalue weighted by molar-refractivity contribution is 6.53.